The minimum Gasteiger partial charge on any atom is -0.313 e. The SMILES string of the molecule is CC1=C(c2ccccc2)P2(=O)CC1(C)C(c1ccccc1)=C2I. The highest BCUT2D eigenvalue weighted by atomic mass is 127. The molecule has 0 saturated heterocycles. The minimum absolute atomic E-state index is 0.113. The molecular formula is C20H18IOP. The van der Waals surface area contributed by atoms with Crippen molar-refractivity contribution in [3.05, 3.63) is 80.7 Å². The maximum atomic E-state index is 14.0. The molecule has 2 bridgehead atoms. The standard InChI is InChI=1S/C20H18IOP/c1-14-18(16-11-7-4-8-12-16)23(22)13-20(14,2)17(19(23)21)15-9-5-3-6-10-15/h3-12H,13H2,1-2H3. The van der Waals surface area contributed by atoms with Gasteiger partial charge in [0.2, 0.25) is 0 Å². The molecule has 0 saturated carbocycles. The van der Waals surface area contributed by atoms with Crippen LogP contribution in [-0.2, 0) is 4.57 Å². The molecule has 4 rings (SSSR count). The molecule has 0 fully saturated rings. The smallest absolute Gasteiger partial charge is 0.151 e. The van der Waals surface area contributed by atoms with Crippen LogP contribution in [0.1, 0.15) is 25.0 Å². The van der Waals surface area contributed by atoms with E-state index in [1.807, 2.05) is 24.3 Å². The Morgan fingerprint density at radius 2 is 1.48 bits per heavy atom. The largest absolute Gasteiger partial charge is 0.313 e. The van der Waals surface area contributed by atoms with Gasteiger partial charge in [-0.05, 0) is 46.2 Å². The third-order valence-electron chi connectivity index (χ3n) is 5.27. The van der Waals surface area contributed by atoms with Gasteiger partial charge in [-0.1, -0.05) is 73.2 Å². The summed E-state index contributed by atoms with van der Waals surface area (Å²) in [6.07, 6.45) is 0.749. The first-order valence-corrected chi connectivity index (χ1v) is 10.8. The van der Waals surface area contributed by atoms with Gasteiger partial charge in [-0.3, -0.25) is 0 Å². The predicted molar refractivity (Wildman–Crippen MR) is 107 cm³/mol. The lowest BCUT2D eigenvalue weighted by Crippen LogP contribution is -2.18. The fourth-order valence-corrected chi connectivity index (χ4v) is 10.1. The van der Waals surface area contributed by atoms with Gasteiger partial charge < -0.3 is 4.57 Å². The average Bonchev–Trinajstić information content (AvgIpc) is 2.89. The summed E-state index contributed by atoms with van der Waals surface area (Å²) in [4.78, 5) is 0. The Hall–Kier alpha value is -1.12. The monoisotopic (exact) mass is 432 g/mol. The minimum atomic E-state index is -2.50. The zero-order valence-electron chi connectivity index (χ0n) is 13.2. The van der Waals surface area contributed by atoms with Gasteiger partial charge in [0.05, 0.1) is 3.32 Å². The highest BCUT2D eigenvalue weighted by Gasteiger charge is 2.58. The van der Waals surface area contributed by atoms with Crippen LogP contribution in [0, 0.1) is 5.41 Å². The van der Waals surface area contributed by atoms with E-state index in [2.05, 4.69) is 72.8 Å². The van der Waals surface area contributed by atoms with E-state index in [-0.39, 0.29) is 5.41 Å². The van der Waals surface area contributed by atoms with Crippen LogP contribution in [0.25, 0.3) is 10.9 Å². The molecule has 2 aromatic rings. The summed E-state index contributed by atoms with van der Waals surface area (Å²) >= 11 is 2.35. The molecule has 116 valence electrons. The molecule has 0 amide bonds. The topological polar surface area (TPSA) is 17.1 Å². The predicted octanol–water partition coefficient (Wildman–Crippen LogP) is 6.62. The van der Waals surface area contributed by atoms with Gasteiger partial charge in [0.15, 0.2) is 7.14 Å². The number of hydrogen-bond donors (Lipinski definition) is 0. The summed E-state index contributed by atoms with van der Waals surface area (Å²) < 4.78 is 15.0. The molecule has 2 unspecified atom stereocenters. The molecule has 1 nitrogen and oxygen atoms in total. The third-order valence-corrected chi connectivity index (χ3v) is 11.4. The Morgan fingerprint density at radius 1 is 0.957 bits per heavy atom. The van der Waals surface area contributed by atoms with Crippen LogP contribution < -0.4 is 0 Å². The zero-order chi connectivity index (χ0) is 16.2. The van der Waals surface area contributed by atoms with Gasteiger partial charge in [-0.15, -0.1) is 0 Å². The van der Waals surface area contributed by atoms with Crippen molar-refractivity contribution in [3.8, 4) is 0 Å². The highest BCUT2D eigenvalue weighted by molar-refractivity contribution is 14.1. The van der Waals surface area contributed by atoms with Crippen molar-refractivity contribution in [1.29, 1.82) is 0 Å². The van der Waals surface area contributed by atoms with E-state index in [0.717, 1.165) is 20.4 Å². The van der Waals surface area contributed by atoms with Gasteiger partial charge in [0.1, 0.15) is 0 Å². The van der Waals surface area contributed by atoms with Gasteiger partial charge >= 0.3 is 0 Å². The van der Waals surface area contributed by atoms with Crippen molar-refractivity contribution in [2.75, 3.05) is 6.16 Å². The van der Waals surface area contributed by atoms with Crippen LogP contribution >= 0.6 is 29.7 Å². The number of hydrogen-bond acceptors (Lipinski definition) is 1. The van der Waals surface area contributed by atoms with Crippen LogP contribution in [0.3, 0.4) is 0 Å². The Bertz CT molecular complexity index is 896. The van der Waals surface area contributed by atoms with Crippen LogP contribution in [0.2, 0.25) is 0 Å². The second kappa shape index (κ2) is 5.19. The Morgan fingerprint density at radius 3 is 2.04 bits per heavy atom. The van der Waals surface area contributed by atoms with E-state index in [0.29, 0.717) is 0 Å². The van der Waals surface area contributed by atoms with Crippen molar-refractivity contribution in [2.45, 2.75) is 13.8 Å². The fraction of sp³-hybridized carbons (Fsp3) is 0.200. The summed E-state index contributed by atoms with van der Waals surface area (Å²) in [5.74, 6) is 0. The lowest BCUT2D eigenvalue weighted by atomic mass is 9.75. The zero-order valence-corrected chi connectivity index (χ0v) is 16.3. The Labute approximate surface area is 151 Å². The van der Waals surface area contributed by atoms with E-state index >= 15 is 0 Å². The first kappa shape index (κ1) is 15.4. The molecule has 2 aliphatic heterocycles. The van der Waals surface area contributed by atoms with Crippen molar-refractivity contribution in [1.82, 2.24) is 0 Å². The fourth-order valence-electron chi connectivity index (χ4n) is 4.08. The normalized spacial score (nSPS) is 29.5. The molecule has 0 spiro atoms. The number of rotatable bonds is 2. The summed E-state index contributed by atoms with van der Waals surface area (Å²) in [6.45, 7) is 4.44. The summed E-state index contributed by atoms with van der Waals surface area (Å²) in [5.41, 5.74) is 4.78. The molecule has 0 radical (unpaired) electrons. The van der Waals surface area contributed by atoms with E-state index in [9.17, 15) is 4.57 Å². The van der Waals surface area contributed by atoms with Crippen LogP contribution in [0.4, 0.5) is 0 Å². The number of allylic oxidation sites excluding steroid dienone is 2. The van der Waals surface area contributed by atoms with Gasteiger partial charge in [0, 0.05) is 16.9 Å². The second-order valence-electron chi connectivity index (χ2n) is 6.60. The van der Waals surface area contributed by atoms with E-state index in [4.69, 9.17) is 0 Å². The van der Waals surface area contributed by atoms with Crippen LogP contribution in [0.15, 0.2) is 69.6 Å². The first-order valence-electron chi connectivity index (χ1n) is 7.81. The second-order valence-corrected chi connectivity index (χ2v) is 11.2. The molecule has 3 heteroatoms. The molecule has 23 heavy (non-hydrogen) atoms. The molecule has 0 aromatic heterocycles. The van der Waals surface area contributed by atoms with Gasteiger partial charge in [0.25, 0.3) is 0 Å². The molecule has 0 aliphatic carbocycles. The van der Waals surface area contributed by atoms with Gasteiger partial charge in [-0.25, -0.2) is 0 Å². The number of fused-ring (bicyclic) bond motifs is 2. The summed E-state index contributed by atoms with van der Waals surface area (Å²) in [7, 11) is -2.50. The lowest BCUT2D eigenvalue weighted by molar-refractivity contribution is 0.576. The molecule has 2 aromatic carbocycles. The van der Waals surface area contributed by atoms with E-state index in [1.54, 1.807) is 0 Å². The first-order chi connectivity index (χ1) is 11.0. The van der Waals surface area contributed by atoms with E-state index in [1.165, 1.54) is 16.7 Å². The summed E-state index contributed by atoms with van der Waals surface area (Å²) in [6, 6.07) is 20.7. The Kier molecular flexibility index (Phi) is 3.48. The van der Waals surface area contributed by atoms with E-state index < -0.39 is 7.14 Å². The van der Waals surface area contributed by atoms with Crippen molar-refractivity contribution >= 4 is 40.6 Å². The van der Waals surface area contributed by atoms with Crippen LogP contribution in [-0.4, -0.2) is 6.16 Å². The molecule has 2 atom stereocenters. The third kappa shape index (κ3) is 2.01. The van der Waals surface area contributed by atoms with Gasteiger partial charge in [-0.2, -0.15) is 0 Å². The average molecular weight is 432 g/mol. The van der Waals surface area contributed by atoms with Crippen molar-refractivity contribution < 1.29 is 4.57 Å². The van der Waals surface area contributed by atoms with Crippen LogP contribution in [0.5, 0.6) is 0 Å². The van der Waals surface area contributed by atoms with Crippen molar-refractivity contribution in [2.24, 2.45) is 5.41 Å². The Balaban J connectivity index is 1.96. The maximum Gasteiger partial charge on any atom is 0.151 e. The van der Waals surface area contributed by atoms with Crippen molar-refractivity contribution in [3.63, 3.8) is 0 Å². The summed E-state index contributed by atoms with van der Waals surface area (Å²) in [5, 5.41) is 1.10. The number of halogens is 1. The molecular weight excluding hydrogens is 414 g/mol. The molecule has 0 N–H and O–H groups in total. The number of benzene rings is 2. The molecule has 2 heterocycles. The highest BCUT2D eigenvalue weighted by Crippen LogP contribution is 2.83. The quantitative estimate of drug-likeness (QED) is 0.385. The lowest BCUT2D eigenvalue weighted by Gasteiger charge is -2.29. The maximum absolute atomic E-state index is 14.0. The molecule has 2 aliphatic rings.